The molecule has 0 saturated carbocycles. The molecule has 2 aromatic carbocycles. The van der Waals surface area contributed by atoms with Crippen molar-refractivity contribution in [1.82, 2.24) is 0 Å². The van der Waals surface area contributed by atoms with E-state index in [2.05, 4.69) is 22.2 Å². The fourth-order valence-electron chi connectivity index (χ4n) is 4.65. The summed E-state index contributed by atoms with van der Waals surface area (Å²) in [5, 5.41) is 6.28. The first-order valence-electron chi connectivity index (χ1n) is 14.2. The van der Waals surface area contributed by atoms with Crippen LogP contribution < -0.4 is 14.6 Å². The molecule has 0 saturated heterocycles. The summed E-state index contributed by atoms with van der Waals surface area (Å²) in [7, 11) is 2.02. The van der Waals surface area contributed by atoms with Crippen LogP contribution in [0.3, 0.4) is 0 Å². The lowest BCUT2D eigenvalue weighted by molar-refractivity contribution is -0.655. The number of hydrogen-bond acceptors (Lipinski definition) is 3. The van der Waals surface area contributed by atoms with Crippen LogP contribution in [0.25, 0.3) is 10.6 Å². The molecule has 5 heteroatoms. The summed E-state index contributed by atoms with van der Waals surface area (Å²) in [5.74, 6) is 0.784. The molecular formula is C32H45N2O2S+. The summed E-state index contributed by atoms with van der Waals surface area (Å²) in [6, 6.07) is 15.9. The number of nitrogens with one attached hydrogen (secondary N) is 1. The van der Waals surface area contributed by atoms with Crippen LogP contribution in [0.1, 0.15) is 89.5 Å². The Morgan fingerprint density at radius 3 is 2.14 bits per heavy atom. The van der Waals surface area contributed by atoms with Crippen LogP contribution in [0, 0.1) is 0 Å². The molecule has 0 bridgehead atoms. The summed E-state index contributed by atoms with van der Waals surface area (Å²) < 4.78 is 8.17. The summed E-state index contributed by atoms with van der Waals surface area (Å²) in [6.07, 6.45) is 18.3. The number of benzene rings is 2. The van der Waals surface area contributed by atoms with Gasteiger partial charge in [-0.15, -0.1) is 0 Å². The molecule has 1 amide bonds. The molecule has 1 aromatic heterocycles. The van der Waals surface area contributed by atoms with E-state index in [1.165, 1.54) is 70.6 Å². The van der Waals surface area contributed by atoms with Gasteiger partial charge in [0.2, 0.25) is 5.91 Å². The van der Waals surface area contributed by atoms with Crippen LogP contribution in [-0.4, -0.2) is 12.5 Å². The maximum Gasteiger partial charge on any atom is 0.270 e. The van der Waals surface area contributed by atoms with Crippen molar-refractivity contribution in [2.45, 2.75) is 90.4 Å². The van der Waals surface area contributed by atoms with Crippen LogP contribution in [0.5, 0.6) is 5.75 Å². The van der Waals surface area contributed by atoms with E-state index in [0.29, 0.717) is 13.0 Å². The molecular weight excluding hydrogens is 476 g/mol. The minimum absolute atomic E-state index is 0.0342. The van der Waals surface area contributed by atoms with E-state index in [4.69, 9.17) is 4.74 Å². The molecule has 4 nitrogen and oxygen atoms in total. The number of carbonyl (C=O) groups is 1. The van der Waals surface area contributed by atoms with Gasteiger partial charge in [0, 0.05) is 5.56 Å². The van der Waals surface area contributed by atoms with Crippen molar-refractivity contribution in [3.63, 3.8) is 0 Å². The van der Waals surface area contributed by atoms with Crippen LogP contribution in [0.4, 0.5) is 5.69 Å². The first kappa shape index (κ1) is 28.9. The molecule has 200 valence electrons. The summed E-state index contributed by atoms with van der Waals surface area (Å²) in [5.41, 5.74) is 2.79. The molecule has 0 radical (unpaired) electrons. The van der Waals surface area contributed by atoms with Crippen LogP contribution >= 0.6 is 11.3 Å². The number of aromatic nitrogens is 1. The van der Waals surface area contributed by atoms with Gasteiger partial charge >= 0.3 is 0 Å². The first-order chi connectivity index (χ1) is 18.2. The van der Waals surface area contributed by atoms with Gasteiger partial charge in [-0.25, -0.2) is 0 Å². The molecule has 1 N–H and O–H groups in total. The Balaban J connectivity index is 1.37. The predicted octanol–water partition coefficient (Wildman–Crippen LogP) is 8.50. The second-order valence-electron chi connectivity index (χ2n) is 9.93. The van der Waals surface area contributed by atoms with Crippen LogP contribution in [-0.2, 0) is 18.3 Å². The predicted molar refractivity (Wildman–Crippen MR) is 156 cm³/mol. The van der Waals surface area contributed by atoms with E-state index in [-0.39, 0.29) is 5.91 Å². The molecule has 0 spiro atoms. The SMILES string of the molecule is CCCCCCCCCCCCCCOc1ccccc1CC(=O)Nc1ccccc1-c1scc[n+]1C. The number of unbranched alkanes of at least 4 members (excludes halogenated alkanes) is 11. The zero-order chi connectivity index (χ0) is 26.1. The third-order valence-corrected chi connectivity index (χ3v) is 7.78. The number of ether oxygens (including phenoxy) is 1. The van der Waals surface area contributed by atoms with Gasteiger partial charge in [0.25, 0.3) is 5.01 Å². The highest BCUT2D eigenvalue weighted by Crippen LogP contribution is 2.29. The number of hydrogen-bond donors (Lipinski definition) is 1. The summed E-state index contributed by atoms with van der Waals surface area (Å²) in [4.78, 5) is 13.0. The molecule has 0 fully saturated rings. The minimum atomic E-state index is -0.0342. The smallest absolute Gasteiger partial charge is 0.270 e. The Labute approximate surface area is 228 Å². The van der Waals surface area contributed by atoms with E-state index in [1.807, 2.05) is 61.8 Å². The average molecular weight is 522 g/mol. The lowest BCUT2D eigenvalue weighted by atomic mass is 10.1. The molecule has 1 heterocycles. The number of para-hydroxylation sites is 2. The van der Waals surface area contributed by atoms with Crippen molar-refractivity contribution in [3.8, 4) is 16.3 Å². The lowest BCUT2D eigenvalue weighted by Crippen LogP contribution is -2.27. The van der Waals surface area contributed by atoms with Gasteiger partial charge in [-0.05, 0) is 24.6 Å². The Bertz CT molecular complexity index is 1060. The minimum Gasteiger partial charge on any atom is -0.493 e. The number of nitrogens with zero attached hydrogens (tertiary/aromatic N) is 1. The number of amides is 1. The van der Waals surface area contributed by atoms with E-state index >= 15 is 0 Å². The molecule has 0 aliphatic carbocycles. The van der Waals surface area contributed by atoms with Crippen molar-refractivity contribution < 1.29 is 14.1 Å². The standard InChI is InChI=1S/C32H44N2O2S/c1-3-4-5-6-7-8-9-10-11-12-13-18-24-36-30-22-17-14-19-27(30)26-31(35)33-29-21-16-15-20-28(29)32-34(2)23-25-37-32/h14-17,19-23,25H,3-13,18,24,26H2,1-2H3/p+1. The van der Waals surface area contributed by atoms with Gasteiger partial charge in [0.1, 0.15) is 12.8 Å². The third-order valence-electron chi connectivity index (χ3n) is 6.80. The summed E-state index contributed by atoms with van der Waals surface area (Å²) >= 11 is 1.66. The van der Waals surface area contributed by atoms with Crippen molar-refractivity contribution in [1.29, 1.82) is 0 Å². The molecule has 0 aliphatic heterocycles. The van der Waals surface area contributed by atoms with Gasteiger partial charge in [-0.3, -0.25) is 4.79 Å². The second-order valence-corrected chi connectivity index (χ2v) is 10.8. The molecule has 0 aliphatic rings. The molecule has 0 unspecified atom stereocenters. The highest BCUT2D eigenvalue weighted by atomic mass is 32.1. The highest BCUT2D eigenvalue weighted by Gasteiger charge is 2.17. The van der Waals surface area contributed by atoms with E-state index in [9.17, 15) is 4.79 Å². The molecule has 3 rings (SSSR count). The lowest BCUT2D eigenvalue weighted by Gasteiger charge is -2.12. The zero-order valence-corrected chi connectivity index (χ0v) is 23.7. The van der Waals surface area contributed by atoms with Gasteiger partial charge in [-0.2, -0.15) is 4.57 Å². The Morgan fingerprint density at radius 1 is 0.838 bits per heavy atom. The number of aryl methyl sites for hydroxylation is 1. The second kappa shape index (κ2) is 17.0. The summed E-state index contributed by atoms with van der Waals surface area (Å²) in [6.45, 7) is 2.98. The third kappa shape index (κ3) is 10.3. The molecule has 37 heavy (non-hydrogen) atoms. The van der Waals surface area contributed by atoms with E-state index < -0.39 is 0 Å². The Morgan fingerprint density at radius 2 is 1.46 bits per heavy atom. The number of rotatable bonds is 18. The van der Waals surface area contributed by atoms with Gasteiger partial charge in [-0.1, -0.05) is 119 Å². The van der Waals surface area contributed by atoms with Gasteiger partial charge < -0.3 is 10.1 Å². The van der Waals surface area contributed by atoms with Gasteiger partial charge in [0.15, 0.2) is 6.20 Å². The molecule has 0 atom stereocenters. The molecule has 3 aromatic rings. The fraction of sp³-hybridized carbons (Fsp3) is 0.500. The average Bonchev–Trinajstić information content (AvgIpc) is 3.33. The quantitative estimate of drug-likeness (QED) is 0.135. The largest absolute Gasteiger partial charge is 0.493 e. The van der Waals surface area contributed by atoms with Crippen LogP contribution in [0.15, 0.2) is 60.1 Å². The Kier molecular flexibility index (Phi) is 13.3. The normalized spacial score (nSPS) is 11.0. The number of anilines is 1. The Hall–Kier alpha value is -2.66. The first-order valence-corrected chi connectivity index (χ1v) is 15.1. The number of thiazole rings is 1. The van der Waals surface area contributed by atoms with E-state index in [1.54, 1.807) is 11.3 Å². The van der Waals surface area contributed by atoms with Crippen molar-refractivity contribution in [2.75, 3.05) is 11.9 Å². The van der Waals surface area contributed by atoms with Crippen molar-refractivity contribution in [3.05, 3.63) is 65.7 Å². The maximum atomic E-state index is 13.0. The highest BCUT2D eigenvalue weighted by molar-refractivity contribution is 7.12. The maximum absolute atomic E-state index is 13.0. The topological polar surface area (TPSA) is 42.2 Å². The van der Waals surface area contributed by atoms with Crippen molar-refractivity contribution in [2.24, 2.45) is 7.05 Å². The number of carbonyl (C=O) groups excluding carboxylic acids is 1. The monoisotopic (exact) mass is 521 g/mol. The van der Waals surface area contributed by atoms with Crippen molar-refractivity contribution >= 4 is 22.9 Å². The van der Waals surface area contributed by atoms with E-state index in [0.717, 1.165) is 34.0 Å². The zero-order valence-electron chi connectivity index (χ0n) is 22.8. The van der Waals surface area contributed by atoms with Gasteiger partial charge in [0.05, 0.1) is 29.7 Å². The fourth-order valence-corrected chi connectivity index (χ4v) is 5.56. The van der Waals surface area contributed by atoms with Crippen LogP contribution in [0.2, 0.25) is 0 Å².